The Kier molecular flexibility index (Phi) is 6.12. The Balaban J connectivity index is 4.92. The zero-order valence-electron chi connectivity index (χ0n) is 13.6. The van der Waals surface area contributed by atoms with Crippen molar-refractivity contribution in [2.75, 3.05) is 0 Å². The fourth-order valence-electron chi connectivity index (χ4n) is 2.72. The molecule has 0 aromatic carbocycles. The maximum atomic E-state index is 6.50. The monoisotopic (exact) mass is 275 g/mol. The molecule has 17 heavy (non-hydrogen) atoms. The Labute approximate surface area is 111 Å². The molecular weight excluding hydrogens is 242 g/mol. The molecule has 1 unspecified atom stereocenters. The van der Waals surface area contributed by atoms with E-state index in [1.54, 1.807) is 0 Å². The highest BCUT2D eigenvalue weighted by Gasteiger charge is 2.39. The van der Waals surface area contributed by atoms with E-state index in [9.17, 15) is 0 Å². The van der Waals surface area contributed by atoms with Gasteiger partial charge in [-0.05, 0) is 67.4 Å². The highest BCUT2D eigenvalue weighted by molar-refractivity contribution is 6.85. The first-order chi connectivity index (χ1) is 7.38. The molecule has 2 nitrogen and oxygen atoms in total. The molecule has 0 rings (SSSR count). The van der Waals surface area contributed by atoms with Gasteiger partial charge in [0.15, 0.2) is 16.6 Å². The molecule has 0 N–H and O–H groups in total. The summed E-state index contributed by atoms with van der Waals surface area (Å²) in [6.07, 6.45) is 0. The molecule has 1 atom stereocenters. The van der Waals surface area contributed by atoms with Crippen LogP contribution >= 0.6 is 0 Å². The molecule has 4 heteroatoms. The van der Waals surface area contributed by atoms with Crippen molar-refractivity contribution < 1.29 is 4.12 Å². The van der Waals surface area contributed by atoms with Crippen molar-refractivity contribution >= 4 is 16.6 Å². The SMILES string of the molecule is CC(C)N(C(C)C)C(C)[Si](C)(C)O[Si](C)(C)C. The second kappa shape index (κ2) is 6.00. The van der Waals surface area contributed by atoms with Crippen LogP contribution in [0.5, 0.6) is 0 Å². The van der Waals surface area contributed by atoms with Gasteiger partial charge in [-0.15, -0.1) is 0 Å². The van der Waals surface area contributed by atoms with E-state index in [1.807, 2.05) is 0 Å². The molecule has 0 radical (unpaired) electrons. The average molecular weight is 276 g/mol. The molecule has 0 aliphatic rings. The van der Waals surface area contributed by atoms with Gasteiger partial charge in [0.05, 0.1) is 0 Å². The third-order valence-electron chi connectivity index (χ3n) is 3.22. The summed E-state index contributed by atoms with van der Waals surface area (Å²) in [5, 5.41) is 0. The maximum absolute atomic E-state index is 6.50. The van der Waals surface area contributed by atoms with Gasteiger partial charge in [-0.25, -0.2) is 0 Å². The first-order valence-electron chi connectivity index (χ1n) is 6.86. The second-order valence-electron chi connectivity index (χ2n) is 7.13. The van der Waals surface area contributed by atoms with Crippen LogP contribution in [0.2, 0.25) is 32.7 Å². The van der Waals surface area contributed by atoms with E-state index >= 15 is 0 Å². The Morgan fingerprint density at radius 2 is 1.12 bits per heavy atom. The predicted molar refractivity (Wildman–Crippen MR) is 83.5 cm³/mol. The molecule has 0 fully saturated rings. The van der Waals surface area contributed by atoms with Gasteiger partial charge in [-0.1, -0.05) is 0 Å². The standard InChI is InChI=1S/C13H33NOSi2/c1-11(2)14(12(3)4)13(5)17(9,10)15-16(6,7)8/h11-13H,1-10H3. The zero-order valence-corrected chi connectivity index (χ0v) is 15.6. The van der Waals surface area contributed by atoms with E-state index < -0.39 is 16.6 Å². The summed E-state index contributed by atoms with van der Waals surface area (Å²) < 4.78 is 6.50. The van der Waals surface area contributed by atoms with Gasteiger partial charge in [0.1, 0.15) is 0 Å². The minimum absolute atomic E-state index is 0.564. The minimum atomic E-state index is -1.64. The van der Waals surface area contributed by atoms with Gasteiger partial charge in [0, 0.05) is 17.7 Å². The number of rotatable bonds is 6. The Morgan fingerprint density at radius 3 is 1.35 bits per heavy atom. The zero-order chi connectivity index (χ0) is 14.0. The van der Waals surface area contributed by atoms with Crippen molar-refractivity contribution in [3.63, 3.8) is 0 Å². The van der Waals surface area contributed by atoms with Gasteiger partial charge in [-0.3, -0.25) is 4.90 Å². The van der Waals surface area contributed by atoms with Crippen LogP contribution in [-0.2, 0) is 4.12 Å². The summed E-state index contributed by atoms with van der Waals surface area (Å²) in [6, 6.07) is 1.17. The lowest BCUT2D eigenvalue weighted by Gasteiger charge is -2.45. The van der Waals surface area contributed by atoms with E-state index in [-0.39, 0.29) is 0 Å². The highest BCUT2D eigenvalue weighted by Crippen LogP contribution is 2.24. The molecule has 0 aliphatic heterocycles. The van der Waals surface area contributed by atoms with Crippen molar-refractivity contribution in [2.24, 2.45) is 0 Å². The molecule has 0 bridgehead atoms. The Bertz CT molecular complexity index is 226. The lowest BCUT2D eigenvalue weighted by molar-refractivity contribution is 0.150. The van der Waals surface area contributed by atoms with Crippen LogP contribution in [0.25, 0.3) is 0 Å². The largest absolute Gasteiger partial charge is 0.455 e. The van der Waals surface area contributed by atoms with E-state index in [1.165, 1.54) is 0 Å². The molecule has 0 saturated carbocycles. The van der Waals surface area contributed by atoms with Crippen LogP contribution < -0.4 is 0 Å². The number of hydrogen-bond acceptors (Lipinski definition) is 2. The van der Waals surface area contributed by atoms with Crippen molar-refractivity contribution in [3.05, 3.63) is 0 Å². The summed E-state index contributed by atoms with van der Waals surface area (Å²) in [6.45, 7) is 23.1. The third kappa shape index (κ3) is 5.68. The molecule has 0 heterocycles. The van der Waals surface area contributed by atoms with Crippen LogP contribution in [0.1, 0.15) is 34.6 Å². The summed E-state index contributed by atoms with van der Waals surface area (Å²) in [7, 11) is -3.08. The van der Waals surface area contributed by atoms with Crippen LogP contribution in [0.15, 0.2) is 0 Å². The van der Waals surface area contributed by atoms with Gasteiger partial charge in [0.25, 0.3) is 0 Å². The van der Waals surface area contributed by atoms with Crippen LogP contribution in [0, 0.1) is 0 Å². The summed E-state index contributed by atoms with van der Waals surface area (Å²) >= 11 is 0. The summed E-state index contributed by atoms with van der Waals surface area (Å²) in [5.41, 5.74) is 0.564. The lowest BCUT2D eigenvalue weighted by atomic mass is 10.2. The van der Waals surface area contributed by atoms with Gasteiger partial charge >= 0.3 is 0 Å². The molecular formula is C13H33NOSi2. The van der Waals surface area contributed by atoms with E-state index in [4.69, 9.17) is 4.12 Å². The van der Waals surface area contributed by atoms with Crippen molar-refractivity contribution in [3.8, 4) is 0 Å². The van der Waals surface area contributed by atoms with Crippen LogP contribution in [0.3, 0.4) is 0 Å². The molecule has 0 saturated heterocycles. The minimum Gasteiger partial charge on any atom is -0.455 e. The van der Waals surface area contributed by atoms with E-state index in [2.05, 4.69) is 72.3 Å². The third-order valence-corrected chi connectivity index (χ3v) is 10.1. The van der Waals surface area contributed by atoms with Crippen molar-refractivity contribution in [1.82, 2.24) is 4.90 Å². The average Bonchev–Trinajstić information content (AvgIpc) is 1.96. The fraction of sp³-hybridized carbons (Fsp3) is 1.00. The van der Waals surface area contributed by atoms with Crippen molar-refractivity contribution in [2.45, 2.75) is 85.1 Å². The van der Waals surface area contributed by atoms with E-state index in [0.717, 1.165) is 0 Å². The maximum Gasteiger partial charge on any atom is 0.190 e. The summed E-state index contributed by atoms with van der Waals surface area (Å²) in [4.78, 5) is 2.60. The quantitative estimate of drug-likeness (QED) is 0.677. The van der Waals surface area contributed by atoms with Crippen LogP contribution in [0.4, 0.5) is 0 Å². The summed E-state index contributed by atoms with van der Waals surface area (Å²) in [5.74, 6) is 0. The highest BCUT2D eigenvalue weighted by atomic mass is 28.4. The molecule has 0 amide bonds. The number of nitrogens with zero attached hydrogens (tertiary/aromatic N) is 1. The first kappa shape index (κ1) is 17.4. The molecule has 0 aromatic heterocycles. The number of hydrogen-bond donors (Lipinski definition) is 0. The Hall–Kier alpha value is 0.354. The second-order valence-corrected chi connectivity index (χ2v) is 16.2. The lowest BCUT2D eigenvalue weighted by Crippen LogP contribution is -2.60. The fourth-order valence-corrected chi connectivity index (χ4v) is 11.0. The molecule has 104 valence electrons. The van der Waals surface area contributed by atoms with Gasteiger partial charge in [0.2, 0.25) is 0 Å². The first-order valence-corrected chi connectivity index (χ1v) is 13.3. The van der Waals surface area contributed by atoms with E-state index in [0.29, 0.717) is 17.7 Å². The molecule has 0 aliphatic carbocycles. The van der Waals surface area contributed by atoms with Gasteiger partial charge < -0.3 is 4.12 Å². The normalized spacial score (nSPS) is 16.1. The van der Waals surface area contributed by atoms with Crippen LogP contribution in [-0.4, -0.2) is 39.3 Å². The Morgan fingerprint density at radius 1 is 0.765 bits per heavy atom. The van der Waals surface area contributed by atoms with Crippen molar-refractivity contribution in [1.29, 1.82) is 0 Å². The predicted octanol–water partition coefficient (Wildman–Crippen LogP) is 4.09. The van der Waals surface area contributed by atoms with Gasteiger partial charge in [-0.2, -0.15) is 0 Å². The topological polar surface area (TPSA) is 12.5 Å². The molecule has 0 aromatic rings. The molecule has 0 spiro atoms. The smallest absolute Gasteiger partial charge is 0.190 e.